The second-order valence-corrected chi connectivity index (χ2v) is 4.96. The van der Waals surface area contributed by atoms with E-state index in [9.17, 15) is 13.6 Å². The van der Waals surface area contributed by atoms with Gasteiger partial charge in [-0.2, -0.15) is 0 Å². The maximum Gasteiger partial charge on any atom is 0.318 e. The minimum Gasteiger partial charge on any atom is -0.755 e. The molecule has 2 heterocycles. The highest BCUT2D eigenvalue weighted by atomic mass is 32.2. The largest absolute Gasteiger partial charge is 0.755 e. The van der Waals surface area contributed by atoms with Crippen molar-refractivity contribution in [3.05, 3.63) is 18.0 Å². The molecule has 1 N–H and O–H groups in total. The monoisotopic (exact) mass is 302 g/mol. The van der Waals surface area contributed by atoms with Crippen molar-refractivity contribution in [3.8, 4) is 0 Å². The summed E-state index contributed by atoms with van der Waals surface area (Å²) < 4.78 is 33.5. The molecule has 0 aromatic carbocycles. The van der Waals surface area contributed by atoms with Crippen LogP contribution in [0.15, 0.2) is 12.3 Å². The predicted octanol–water partition coefficient (Wildman–Crippen LogP) is 0.150. The molecule has 9 heteroatoms. The number of hydrogen-bond acceptors (Lipinski definition) is 7. The Bertz CT molecular complexity index is 524. The maximum absolute atomic E-state index is 12.1. The van der Waals surface area contributed by atoms with Crippen molar-refractivity contribution in [2.75, 3.05) is 25.0 Å². The fourth-order valence-corrected chi connectivity index (χ4v) is 2.48. The van der Waals surface area contributed by atoms with E-state index in [0.29, 0.717) is 31.7 Å². The van der Waals surface area contributed by atoms with Gasteiger partial charge >= 0.3 is 5.97 Å². The third kappa shape index (κ3) is 2.94. The first-order valence-corrected chi connectivity index (χ1v) is 7.01. The van der Waals surface area contributed by atoms with Gasteiger partial charge in [0.2, 0.25) is 5.95 Å². The van der Waals surface area contributed by atoms with E-state index in [2.05, 4.69) is 14.7 Å². The molecule has 2 rings (SSSR count). The van der Waals surface area contributed by atoms with Crippen LogP contribution in [0, 0.1) is 0 Å². The van der Waals surface area contributed by atoms with Crippen molar-refractivity contribution in [1.29, 1.82) is 0 Å². The smallest absolute Gasteiger partial charge is 0.318 e. The molecule has 0 bridgehead atoms. The van der Waals surface area contributed by atoms with E-state index in [1.54, 1.807) is 6.07 Å². The minimum absolute atomic E-state index is 0. The molecule has 1 aromatic rings. The zero-order chi connectivity index (χ0) is 14.6. The number of nitrogens with zero attached hydrogens (tertiary/aromatic N) is 2. The number of carbonyl (C=O) groups excluding carboxylic acids is 1. The number of nitrogens with one attached hydrogen (secondary N) is 1. The van der Waals surface area contributed by atoms with Gasteiger partial charge in [0, 0.05) is 32.1 Å². The van der Waals surface area contributed by atoms with Gasteiger partial charge in [0.05, 0.1) is 12.8 Å². The van der Waals surface area contributed by atoms with Crippen LogP contribution in [-0.4, -0.2) is 45.0 Å². The molecule has 0 saturated carbocycles. The van der Waals surface area contributed by atoms with Crippen molar-refractivity contribution < 1.29 is 24.5 Å². The molecule has 1 aliphatic rings. The Hall–Kier alpha value is -1.58. The van der Waals surface area contributed by atoms with Crippen LogP contribution in [0.25, 0.3) is 0 Å². The Morgan fingerprint density at radius 3 is 2.90 bits per heavy atom. The summed E-state index contributed by atoms with van der Waals surface area (Å²) in [5.41, 5.74) is -0.493. The lowest BCUT2D eigenvalue weighted by molar-refractivity contribution is -0.151. The highest BCUT2D eigenvalue weighted by Gasteiger charge is 2.44. The van der Waals surface area contributed by atoms with Crippen molar-refractivity contribution in [1.82, 2.24) is 9.97 Å². The zero-order valence-electron chi connectivity index (χ0n) is 10.8. The number of methoxy groups -OCH3 is 1. The third-order valence-corrected chi connectivity index (χ3v) is 3.59. The summed E-state index contributed by atoms with van der Waals surface area (Å²) in [6.07, 6.45) is 2.25. The highest BCUT2D eigenvalue weighted by Crippen LogP contribution is 2.35. The lowest BCUT2D eigenvalue weighted by atomic mass is 9.77. The average molecular weight is 302 g/mol. The molecule has 1 saturated heterocycles. The van der Waals surface area contributed by atoms with Crippen LogP contribution >= 0.6 is 0 Å². The lowest BCUT2D eigenvalue weighted by Crippen LogP contribution is -2.43. The normalized spacial score (nSPS) is 19.1. The Labute approximate surface area is 119 Å². The molecule has 1 fully saturated rings. The summed E-state index contributed by atoms with van der Waals surface area (Å²) in [5.74, 6) is -0.487. The average Bonchev–Trinajstić information content (AvgIpc) is 2.46. The summed E-state index contributed by atoms with van der Waals surface area (Å²) in [6, 6.07) is 1.58. The first kappa shape index (κ1) is 14.8. The molecule has 0 radical (unpaired) electrons. The summed E-state index contributed by atoms with van der Waals surface area (Å²) in [4.78, 5) is 20.0. The molecule has 8 nitrogen and oxygen atoms in total. The Morgan fingerprint density at radius 1 is 1.60 bits per heavy atom. The van der Waals surface area contributed by atoms with Gasteiger partial charge in [-0.1, -0.05) is 0 Å². The fourth-order valence-electron chi connectivity index (χ4n) is 2.23. The molecule has 1 aromatic heterocycles. The number of anilines is 1. The lowest BCUT2D eigenvalue weighted by Gasteiger charge is -2.33. The van der Waals surface area contributed by atoms with Crippen LogP contribution in [0.3, 0.4) is 0 Å². The van der Waals surface area contributed by atoms with Crippen LogP contribution < -0.4 is 4.72 Å². The van der Waals surface area contributed by atoms with E-state index in [1.165, 1.54) is 13.3 Å². The van der Waals surface area contributed by atoms with E-state index in [4.69, 9.17) is 9.47 Å². The molecule has 0 aliphatic carbocycles. The third-order valence-electron chi connectivity index (χ3n) is 3.24. The number of rotatable bonds is 4. The molecule has 112 valence electrons. The second-order valence-electron chi connectivity index (χ2n) is 4.29. The predicted molar refractivity (Wildman–Crippen MR) is 70.4 cm³/mol. The van der Waals surface area contributed by atoms with E-state index in [1.807, 2.05) is 0 Å². The number of ether oxygens (including phenoxy) is 2. The topological polar surface area (TPSA) is 113 Å². The first-order chi connectivity index (χ1) is 9.58. The maximum atomic E-state index is 12.1. The summed E-state index contributed by atoms with van der Waals surface area (Å²) in [7, 11) is 1.31. The Kier molecular flexibility index (Phi) is 4.63. The van der Waals surface area contributed by atoms with E-state index < -0.39 is 22.7 Å². The quantitative estimate of drug-likeness (QED) is 0.622. The van der Waals surface area contributed by atoms with E-state index in [0.717, 1.165) is 0 Å². The highest BCUT2D eigenvalue weighted by molar-refractivity contribution is 7.80. The second kappa shape index (κ2) is 6.25. The molecule has 1 atom stereocenters. The van der Waals surface area contributed by atoms with E-state index >= 15 is 0 Å². The SMILES string of the molecule is COC(=O)C1(c2ccnc(NS(=O)[O-])n2)CCOCC1.[HH]. The molecule has 1 aliphatic heterocycles. The molecule has 1 unspecified atom stereocenters. The summed E-state index contributed by atoms with van der Waals surface area (Å²) in [5, 5.41) is 0. The summed E-state index contributed by atoms with van der Waals surface area (Å²) >= 11 is -2.52. The Balaban J connectivity index is 0.00000220. The molecule has 20 heavy (non-hydrogen) atoms. The van der Waals surface area contributed by atoms with Crippen LogP contribution in [0.4, 0.5) is 5.95 Å². The van der Waals surface area contributed by atoms with Crippen molar-refractivity contribution in [3.63, 3.8) is 0 Å². The van der Waals surface area contributed by atoms with Gasteiger partial charge in [0.25, 0.3) is 0 Å². The fraction of sp³-hybridized carbons (Fsp3) is 0.545. The van der Waals surface area contributed by atoms with Crippen LogP contribution in [0.2, 0.25) is 0 Å². The Morgan fingerprint density at radius 2 is 2.30 bits per heavy atom. The van der Waals surface area contributed by atoms with Gasteiger partial charge in [-0.25, -0.2) is 9.97 Å². The minimum atomic E-state index is -2.52. The first-order valence-electron chi connectivity index (χ1n) is 5.94. The van der Waals surface area contributed by atoms with E-state index in [-0.39, 0.29) is 7.37 Å². The van der Waals surface area contributed by atoms with Crippen molar-refractivity contribution in [2.45, 2.75) is 18.3 Å². The van der Waals surface area contributed by atoms with Crippen molar-refractivity contribution in [2.24, 2.45) is 0 Å². The van der Waals surface area contributed by atoms with Gasteiger partial charge in [-0.05, 0) is 18.9 Å². The summed E-state index contributed by atoms with van der Waals surface area (Å²) in [6.45, 7) is 0.824. The van der Waals surface area contributed by atoms with Gasteiger partial charge in [0.1, 0.15) is 5.41 Å². The number of hydrogen-bond donors (Lipinski definition) is 1. The van der Waals surface area contributed by atoms with Crippen LogP contribution in [0.1, 0.15) is 20.0 Å². The van der Waals surface area contributed by atoms with Gasteiger partial charge in [0.15, 0.2) is 0 Å². The molecule has 0 spiro atoms. The van der Waals surface area contributed by atoms with Gasteiger partial charge < -0.3 is 14.0 Å². The number of aromatic nitrogens is 2. The zero-order valence-corrected chi connectivity index (χ0v) is 11.6. The van der Waals surface area contributed by atoms with Crippen LogP contribution in [-0.2, 0) is 30.9 Å². The standard InChI is InChI=1S/C11H15N3O5S.H2/c1-18-9(15)11(3-6-19-7-4-11)8-2-5-12-10(13-8)14-20(16)17;/h2,5H,3-4,6-7H2,1H3,(H,16,17)(H,12,13,14);1H/p-1. The number of esters is 1. The van der Waals surface area contributed by atoms with Gasteiger partial charge in [-0.15, -0.1) is 0 Å². The molecular formula is C11H16N3O5S-. The number of carbonyl (C=O) groups is 1. The van der Waals surface area contributed by atoms with Crippen molar-refractivity contribution >= 4 is 23.2 Å². The molecular weight excluding hydrogens is 286 g/mol. The molecule has 0 amide bonds. The van der Waals surface area contributed by atoms with Crippen LogP contribution in [0.5, 0.6) is 0 Å². The van der Waals surface area contributed by atoms with Gasteiger partial charge in [-0.3, -0.25) is 13.7 Å².